The van der Waals surface area contributed by atoms with Crippen molar-refractivity contribution in [1.82, 2.24) is 0 Å². The van der Waals surface area contributed by atoms with Gasteiger partial charge in [-0.05, 0) is 54.7 Å². The molecule has 0 saturated heterocycles. The molecule has 0 spiro atoms. The lowest BCUT2D eigenvalue weighted by Gasteiger charge is -2.20. The quantitative estimate of drug-likeness (QED) is 0.445. The van der Waals surface area contributed by atoms with E-state index in [1.165, 1.54) is 0 Å². The van der Waals surface area contributed by atoms with Gasteiger partial charge in [0.2, 0.25) is 0 Å². The molecule has 2 N–H and O–H groups in total. The average molecular weight is 400 g/mol. The number of rotatable bonds is 11. The zero-order valence-electron chi connectivity index (χ0n) is 17.1. The van der Waals surface area contributed by atoms with Crippen LogP contribution in [0, 0.1) is 0 Å². The second-order valence-electron chi connectivity index (χ2n) is 7.35. The minimum absolute atomic E-state index is 0.100. The van der Waals surface area contributed by atoms with E-state index >= 15 is 0 Å². The summed E-state index contributed by atoms with van der Waals surface area (Å²) in [6.45, 7) is 10.2. The van der Waals surface area contributed by atoms with Gasteiger partial charge in [-0.25, -0.2) is 0 Å². The number of nitrogens with two attached hydrogens (primary N) is 1. The van der Waals surface area contributed by atoms with Gasteiger partial charge in [0, 0.05) is 6.42 Å². The highest BCUT2D eigenvalue weighted by Gasteiger charge is 2.20. The molecule has 0 amide bonds. The van der Waals surface area contributed by atoms with E-state index in [0.29, 0.717) is 18.8 Å². The van der Waals surface area contributed by atoms with Crippen LogP contribution in [-0.2, 0) is 26.3 Å². The van der Waals surface area contributed by atoms with Crippen LogP contribution in [0.3, 0.4) is 0 Å². The van der Waals surface area contributed by atoms with E-state index < -0.39 is 10.3 Å². The molecule has 0 bridgehead atoms. The van der Waals surface area contributed by atoms with E-state index in [0.717, 1.165) is 42.4 Å². The second-order valence-corrected chi connectivity index (χ2v) is 8.51. The number of carbonyl (C=O) groups is 1. The van der Waals surface area contributed by atoms with Crippen LogP contribution < -0.4 is 9.32 Å². The molecule has 154 valence electrons. The van der Waals surface area contributed by atoms with Gasteiger partial charge in [-0.3, -0.25) is 4.79 Å². The van der Waals surface area contributed by atoms with Gasteiger partial charge in [0.1, 0.15) is 0 Å². The maximum absolute atomic E-state index is 11.5. The van der Waals surface area contributed by atoms with Crippen molar-refractivity contribution in [1.29, 1.82) is 0 Å². The molecule has 0 unspecified atom stereocenters. The Balaban J connectivity index is 2.91. The SMILES string of the molecule is CCOC(=O)CCCCCc1cc(C(C)C)c(OS(N)(=O)=O)c(C(C)C)c1. The molecule has 27 heavy (non-hydrogen) atoms. The standard InChI is InChI=1S/C20H33NO5S/c1-6-25-19(22)11-9-7-8-10-16-12-17(14(2)3)20(26-27(21,23)24)18(13-16)15(4)5/h12-15H,6-11H2,1-5H3,(H2,21,23,24). The lowest BCUT2D eigenvalue weighted by molar-refractivity contribution is -0.143. The highest BCUT2D eigenvalue weighted by atomic mass is 32.2. The minimum atomic E-state index is -4.08. The van der Waals surface area contributed by atoms with Crippen molar-refractivity contribution < 1.29 is 22.1 Å². The summed E-state index contributed by atoms with van der Waals surface area (Å²) in [6.07, 6.45) is 3.99. The third kappa shape index (κ3) is 8.30. The molecule has 7 heteroatoms. The molecule has 0 radical (unpaired) electrons. The number of benzene rings is 1. The lowest BCUT2D eigenvalue weighted by atomic mass is 9.90. The van der Waals surface area contributed by atoms with Crippen LogP contribution in [0.15, 0.2) is 12.1 Å². The van der Waals surface area contributed by atoms with Crippen LogP contribution in [-0.4, -0.2) is 21.0 Å². The van der Waals surface area contributed by atoms with Crippen LogP contribution in [0.4, 0.5) is 0 Å². The summed E-state index contributed by atoms with van der Waals surface area (Å²) >= 11 is 0. The normalized spacial score (nSPS) is 11.9. The maximum atomic E-state index is 11.5. The smallest absolute Gasteiger partial charge is 0.380 e. The zero-order chi connectivity index (χ0) is 20.6. The summed E-state index contributed by atoms with van der Waals surface area (Å²) in [7, 11) is -4.08. The molecule has 0 aliphatic rings. The Morgan fingerprint density at radius 1 is 1.04 bits per heavy atom. The highest BCUT2D eigenvalue weighted by molar-refractivity contribution is 7.84. The first-order valence-electron chi connectivity index (χ1n) is 9.59. The zero-order valence-corrected chi connectivity index (χ0v) is 17.9. The highest BCUT2D eigenvalue weighted by Crippen LogP contribution is 2.37. The van der Waals surface area contributed by atoms with Crippen molar-refractivity contribution in [3.05, 3.63) is 28.8 Å². The van der Waals surface area contributed by atoms with Crippen LogP contribution in [0.25, 0.3) is 0 Å². The second kappa shape index (κ2) is 10.7. The average Bonchev–Trinajstić information content (AvgIpc) is 2.53. The van der Waals surface area contributed by atoms with Crippen LogP contribution in [0.1, 0.15) is 88.8 Å². The number of aryl methyl sites for hydroxylation is 1. The monoisotopic (exact) mass is 399 g/mol. The molecule has 0 fully saturated rings. The van der Waals surface area contributed by atoms with E-state index in [1.54, 1.807) is 6.92 Å². The summed E-state index contributed by atoms with van der Waals surface area (Å²) < 4.78 is 33.1. The van der Waals surface area contributed by atoms with Crippen LogP contribution in [0.2, 0.25) is 0 Å². The maximum Gasteiger partial charge on any atom is 0.380 e. The Bertz CT molecular complexity index is 697. The number of esters is 1. The molecule has 1 aromatic rings. The van der Waals surface area contributed by atoms with E-state index in [2.05, 4.69) is 0 Å². The minimum Gasteiger partial charge on any atom is -0.466 e. The molecule has 0 aromatic heterocycles. The molecule has 0 heterocycles. The Morgan fingerprint density at radius 2 is 1.59 bits per heavy atom. The van der Waals surface area contributed by atoms with Crippen molar-refractivity contribution in [2.75, 3.05) is 6.61 Å². The van der Waals surface area contributed by atoms with E-state index in [-0.39, 0.29) is 17.8 Å². The Morgan fingerprint density at radius 3 is 2.04 bits per heavy atom. The summed E-state index contributed by atoms with van der Waals surface area (Å²) in [5.74, 6) is 0.408. The van der Waals surface area contributed by atoms with Gasteiger partial charge < -0.3 is 8.92 Å². The fourth-order valence-corrected chi connectivity index (χ4v) is 3.39. The van der Waals surface area contributed by atoms with Crippen LogP contribution >= 0.6 is 0 Å². The van der Waals surface area contributed by atoms with Crippen molar-refractivity contribution in [3.63, 3.8) is 0 Å². The molecule has 1 aromatic carbocycles. The fourth-order valence-electron chi connectivity index (χ4n) is 2.96. The Hall–Kier alpha value is -1.60. The number of carbonyl (C=O) groups excluding carboxylic acids is 1. The van der Waals surface area contributed by atoms with Gasteiger partial charge in [0.15, 0.2) is 5.75 Å². The molecular weight excluding hydrogens is 366 g/mol. The number of ether oxygens (including phenoxy) is 1. The predicted octanol–water partition coefficient (Wildman–Crippen LogP) is 4.18. The third-order valence-electron chi connectivity index (χ3n) is 4.30. The van der Waals surface area contributed by atoms with Crippen molar-refractivity contribution >= 4 is 16.3 Å². The Kier molecular flexibility index (Phi) is 9.26. The lowest BCUT2D eigenvalue weighted by Crippen LogP contribution is -2.21. The molecule has 6 nitrogen and oxygen atoms in total. The third-order valence-corrected chi connectivity index (χ3v) is 4.70. The molecule has 0 aliphatic carbocycles. The van der Waals surface area contributed by atoms with Gasteiger partial charge >= 0.3 is 16.3 Å². The van der Waals surface area contributed by atoms with Crippen molar-refractivity contribution in [3.8, 4) is 5.75 Å². The Labute approximate surface area is 163 Å². The van der Waals surface area contributed by atoms with E-state index in [9.17, 15) is 13.2 Å². The number of hydrogen-bond donors (Lipinski definition) is 1. The largest absolute Gasteiger partial charge is 0.466 e. The first kappa shape index (κ1) is 23.4. The summed E-state index contributed by atoms with van der Waals surface area (Å²) in [4.78, 5) is 11.4. The van der Waals surface area contributed by atoms with Crippen LogP contribution in [0.5, 0.6) is 5.75 Å². The molecular formula is C20H33NO5S. The van der Waals surface area contributed by atoms with Gasteiger partial charge in [0.25, 0.3) is 0 Å². The molecule has 0 aliphatic heterocycles. The number of hydrogen-bond acceptors (Lipinski definition) is 5. The van der Waals surface area contributed by atoms with E-state index in [4.69, 9.17) is 14.1 Å². The fraction of sp³-hybridized carbons (Fsp3) is 0.650. The van der Waals surface area contributed by atoms with Gasteiger partial charge in [-0.1, -0.05) is 46.2 Å². The molecule has 0 saturated carbocycles. The van der Waals surface area contributed by atoms with Gasteiger partial charge in [-0.2, -0.15) is 13.6 Å². The molecule has 1 rings (SSSR count). The van der Waals surface area contributed by atoms with Gasteiger partial charge in [-0.15, -0.1) is 0 Å². The summed E-state index contributed by atoms with van der Waals surface area (Å²) in [5.41, 5.74) is 2.83. The predicted molar refractivity (Wildman–Crippen MR) is 107 cm³/mol. The van der Waals surface area contributed by atoms with E-state index in [1.807, 2.05) is 39.8 Å². The first-order chi connectivity index (χ1) is 12.5. The van der Waals surface area contributed by atoms with Crippen molar-refractivity contribution in [2.45, 2.75) is 78.6 Å². The topological polar surface area (TPSA) is 95.7 Å². The first-order valence-corrected chi connectivity index (χ1v) is 11.1. The summed E-state index contributed by atoms with van der Waals surface area (Å²) in [5, 5.41) is 5.12. The van der Waals surface area contributed by atoms with Crippen molar-refractivity contribution in [2.24, 2.45) is 5.14 Å². The number of unbranched alkanes of at least 4 members (excludes halogenated alkanes) is 2. The van der Waals surface area contributed by atoms with Gasteiger partial charge in [0.05, 0.1) is 6.61 Å². The molecule has 0 atom stereocenters. The summed E-state index contributed by atoms with van der Waals surface area (Å²) in [6, 6.07) is 4.00.